The Bertz CT molecular complexity index is 661. The average Bonchev–Trinajstić information content (AvgIpc) is 2.92. The molecule has 2 N–H and O–H groups in total. The zero-order valence-corrected chi connectivity index (χ0v) is 13.0. The lowest BCUT2D eigenvalue weighted by Crippen LogP contribution is -2.31. The number of hydrogen-bond donors (Lipinski definition) is 1. The van der Waals surface area contributed by atoms with Gasteiger partial charge in [-0.25, -0.2) is 13.6 Å². The standard InChI is InChI=1S/C14H21N3O3S/c1-10-5-6-16(8-10)14(18)13-7-12(21(15,19)20)9-17(13)11-3-2-4-11/h7,9-11H,2-6,8H2,1H3,(H2,15,19,20). The van der Waals surface area contributed by atoms with E-state index in [9.17, 15) is 13.2 Å². The number of aromatic nitrogens is 1. The molecular formula is C14H21N3O3S. The van der Waals surface area contributed by atoms with E-state index in [0.29, 0.717) is 11.6 Å². The van der Waals surface area contributed by atoms with Crippen LogP contribution in [0, 0.1) is 5.92 Å². The van der Waals surface area contributed by atoms with Crippen LogP contribution in [0.5, 0.6) is 0 Å². The van der Waals surface area contributed by atoms with E-state index in [1.165, 1.54) is 12.3 Å². The molecule has 1 atom stereocenters. The minimum absolute atomic E-state index is 0.0324. The summed E-state index contributed by atoms with van der Waals surface area (Å²) in [5, 5.41) is 5.21. The second-order valence-electron chi connectivity index (χ2n) is 6.24. The van der Waals surface area contributed by atoms with E-state index in [2.05, 4.69) is 6.92 Å². The minimum atomic E-state index is -3.78. The van der Waals surface area contributed by atoms with E-state index in [0.717, 1.165) is 38.8 Å². The van der Waals surface area contributed by atoms with Crippen molar-refractivity contribution in [1.29, 1.82) is 0 Å². The van der Waals surface area contributed by atoms with Gasteiger partial charge in [0.05, 0.1) is 0 Å². The summed E-state index contributed by atoms with van der Waals surface area (Å²) in [5.74, 6) is 0.417. The predicted octanol–water partition coefficient (Wildman–Crippen LogP) is 1.34. The Balaban J connectivity index is 1.95. The number of nitrogens with two attached hydrogens (primary N) is 1. The summed E-state index contributed by atoms with van der Waals surface area (Å²) in [7, 11) is -3.78. The molecule has 1 aliphatic carbocycles. The number of sulfonamides is 1. The van der Waals surface area contributed by atoms with Crippen LogP contribution in [-0.2, 0) is 10.0 Å². The van der Waals surface area contributed by atoms with Crippen LogP contribution in [0.25, 0.3) is 0 Å². The van der Waals surface area contributed by atoms with Gasteiger partial charge in [0.1, 0.15) is 10.6 Å². The van der Waals surface area contributed by atoms with Crippen molar-refractivity contribution in [2.75, 3.05) is 13.1 Å². The van der Waals surface area contributed by atoms with Crippen LogP contribution in [0.15, 0.2) is 17.2 Å². The zero-order chi connectivity index (χ0) is 15.2. The van der Waals surface area contributed by atoms with Gasteiger partial charge in [-0.05, 0) is 37.7 Å². The van der Waals surface area contributed by atoms with Crippen molar-refractivity contribution in [3.8, 4) is 0 Å². The molecule has 0 aromatic carbocycles. The molecular weight excluding hydrogens is 290 g/mol. The summed E-state index contributed by atoms with van der Waals surface area (Å²) in [6, 6.07) is 1.65. The molecule has 1 aromatic rings. The Morgan fingerprint density at radius 3 is 2.52 bits per heavy atom. The molecule has 3 rings (SSSR count). The number of hydrogen-bond acceptors (Lipinski definition) is 3. The maximum Gasteiger partial charge on any atom is 0.270 e. The van der Waals surface area contributed by atoms with Gasteiger partial charge in [-0.2, -0.15) is 0 Å². The quantitative estimate of drug-likeness (QED) is 0.914. The number of amides is 1. The maximum atomic E-state index is 12.7. The van der Waals surface area contributed by atoms with Crippen LogP contribution in [0.2, 0.25) is 0 Å². The summed E-state index contributed by atoms with van der Waals surface area (Å²) >= 11 is 0. The third kappa shape index (κ3) is 2.72. The van der Waals surface area contributed by atoms with Crippen LogP contribution in [-0.4, -0.2) is 36.9 Å². The molecule has 7 heteroatoms. The molecule has 1 aromatic heterocycles. The Hall–Kier alpha value is -1.34. The smallest absolute Gasteiger partial charge is 0.270 e. The fourth-order valence-electron chi connectivity index (χ4n) is 3.03. The lowest BCUT2D eigenvalue weighted by atomic mass is 9.93. The highest BCUT2D eigenvalue weighted by atomic mass is 32.2. The van der Waals surface area contributed by atoms with Crippen molar-refractivity contribution in [3.63, 3.8) is 0 Å². The largest absolute Gasteiger partial charge is 0.339 e. The first-order valence-corrected chi connectivity index (χ1v) is 8.95. The highest BCUT2D eigenvalue weighted by Gasteiger charge is 2.31. The summed E-state index contributed by atoms with van der Waals surface area (Å²) < 4.78 is 24.9. The van der Waals surface area contributed by atoms with Gasteiger partial charge in [-0.3, -0.25) is 4.79 Å². The maximum absolute atomic E-state index is 12.7. The molecule has 1 unspecified atom stereocenters. The molecule has 6 nitrogen and oxygen atoms in total. The summed E-state index contributed by atoms with van der Waals surface area (Å²) in [5.41, 5.74) is 0.456. The van der Waals surface area contributed by atoms with Crippen molar-refractivity contribution in [1.82, 2.24) is 9.47 Å². The Labute approximate surface area is 125 Å². The first-order valence-electron chi connectivity index (χ1n) is 7.40. The van der Waals surface area contributed by atoms with Crippen LogP contribution in [0.1, 0.15) is 49.1 Å². The molecule has 0 radical (unpaired) electrons. The van der Waals surface area contributed by atoms with E-state index in [1.54, 1.807) is 0 Å². The topological polar surface area (TPSA) is 85.4 Å². The lowest BCUT2D eigenvalue weighted by molar-refractivity contribution is 0.0771. The monoisotopic (exact) mass is 311 g/mol. The molecule has 0 spiro atoms. The molecule has 0 bridgehead atoms. The van der Waals surface area contributed by atoms with Crippen LogP contribution < -0.4 is 5.14 Å². The van der Waals surface area contributed by atoms with Crippen LogP contribution in [0.4, 0.5) is 0 Å². The second kappa shape index (κ2) is 5.14. The third-order valence-electron chi connectivity index (χ3n) is 4.55. The minimum Gasteiger partial charge on any atom is -0.339 e. The van der Waals surface area contributed by atoms with Gasteiger partial charge in [-0.1, -0.05) is 6.92 Å². The van der Waals surface area contributed by atoms with Gasteiger partial charge in [0.25, 0.3) is 5.91 Å². The fraction of sp³-hybridized carbons (Fsp3) is 0.643. The van der Waals surface area contributed by atoms with E-state index in [1.807, 2.05) is 9.47 Å². The van der Waals surface area contributed by atoms with Gasteiger partial charge in [0.15, 0.2) is 0 Å². The Morgan fingerprint density at radius 1 is 1.33 bits per heavy atom. The number of carbonyl (C=O) groups excluding carboxylic acids is 1. The molecule has 21 heavy (non-hydrogen) atoms. The highest BCUT2D eigenvalue weighted by Crippen LogP contribution is 2.34. The van der Waals surface area contributed by atoms with E-state index < -0.39 is 10.0 Å². The van der Waals surface area contributed by atoms with Gasteiger partial charge >= 0.3 is 0 Å². The Morgan fingerprint density at radius 2 is 2.05 bits per heavy atom. The van der Waals surface area contributed by atoms with E-state index in [4.69, 9.17) is 5.14 Å². The molecule has 2 aliphatic rings. The number of likely N-dealkylation sites (tertiary alicyclic amines) is 1. The fourth-order valence-corrected chi connectivity index (χ4v) is 3.57. The number of primary sulfonamides is 1. The zero-order valence-electron chi connectivity index (χ0n) is 12.2. The molecule has 1 saturated heterocycles. The van der Waals surface area contributed by atoms with E-state index >= 15 is 0 Å². The Kier molecular flexibility index (Phi) is 3.57. The molecule has 2 heterocycles. The first-order chi connectivity index (χ1) is 9.86. The molecule has 1 aliphatic heterocycles. The number of nitrogens with zero attached hydrogens (tertiary/aromatic N) is 2. The predicted molar refractivity (Wildman–Crippen MR) is 78.4 cm³/mol. The van der Waals surface area contributed by atoms with Crippen molar-refractivity contribution in [2.45, 2.75) is 43.5 Å². The SMILES string of the molecule is CC1CCN(C(=O)c2cc(S(N)(=O)=O)cn2C2CCC2)C1. The molecule has 2 fully saturated rings. The van der Waals surface area contributed by atoms with Crippen molar-refractivity contribution in [3.05, 3.63) is 18.0 Å². The van der Waals surface area contributed by atoms with Gasteiger partial charge in [0.2, 0.25) is 10.0 Å². The molecule has 1 saturated carbocycles. The third-order valence-corrected chi connectivity index (χ3v) is 5.43. The van der Waals surface area contributed by atoms with Gasteiger partial charge in [0, 0.05) is 25.3 Å². The van der Waals surface area contributed by atoms with Crippen molar-refractivity contribution >= 4 is 15.9 Å². The lowest BCUT2D eigenvalue weighted by Gasteiger charge is -2.29. The van der Waals surface area contributed by atoms with Crippen molar-refractivity contribution in [2.24, 2.45) is 11.1 Å². The molecule has 116 valence electrons. The summed E-state index contributed by atoms with van der Waals surface area (Å²) in [4.78, 5) is 14.5. The van der Waals surface area contributed by atoms with Gasteiger partial charge in [-0.15, -0.1) is 0 Å². The first kappa shape index (κ1) is 14.6. The average molecular weight is 311 g/mol. The van der Waals surface area contributed by atoms with Gasteiger partial charge < -0.3 is 9.47 Å². The summed E-state index contributed by atoms with van der Waals surface area (Å²) in [6.45, 7) is 3.59. The number of rotatable bonds is 3. The van der Waals surface area contributed by atoms with Crippen LogP contribution >= 0.6 is 0 Å². The van der Waals surface area contributed by atoms with Crippen LogP contribution in [0.3, 0.4) is 0 Å². The number of carbonyl (C=O) groups is 1. The summed E-state index contributed by atoms with van der Waals surface area (Å²) in [6.07, 6.45) is 5.59. The second-order valence-corrected chi connectivity index (χ2v) is 7.80. The highest BCUT2D eigenvalue weighted by molar-refractivity contribution is 7.89. The van der Waals surface area contributed by atoms with Crippen molar-refractivity contribution < 1.29 is 13.2 Å². The normalized spacial score (nSPS) is 23.3. The molecule has 1 amide bonds. The van der Waals surface area contributed by atoms with E-state index in [-0.39, 0.29) is 16.8 Å².